The van der Waals surface area contributed by atoms with Crippen LogP contribution in [0, 0.1) is 13.8 Å². The number of benzene rings is 1. The first kappa shape index (κ1) is 20.7. The molecule has 0 unspecified atom stereocenters. The third-order valence-corrected chi connectivity index (χ3v) is 6.99. The maximum absolute atomic E-state index is 13.3. The number of fused-ring (bicyclic) bond motifs is 1. The van der Waals surface area contributed by atoms with Gasteiger partial charge in [-0.3, -0.25) is 15.1 Å². The standard InChI is InChI=1S/C23H16ClN5OS2/c1-12-9-16(13(2)31-12)20-11-18(17-10-15(24)3-4-19(17)26-20)21(30)27-23-29-28-22(32-23)14-5-7-25-8-6-14/h3-11H,1-2H3,(H,27,29,30). The average Bonchev–Trinajstić information content (AvgIpc) is 3.39. The summed E-state index contributed by atoms with van der Waals surface area (Å²) in [6.45, 7) is 4.12. The van der Waals surface area contributed by atoms with Crippen LogP contribution in [-0.2, 0) is 0 Å². The third-order valence-electron chi connectivity index (χ3n) is 4.91. The molecule has 5 aromatic rings. The number of anilines is 1. The van der Waals surface area contributed by atoms with Gasteiger partial charge >= 0.3 is 0 Å². The number of nitrogens with one attached hydrogen (secondary N) is 1. The Morgan fingerprint density at radius 3 is 2.56 bits per heavy atom. The van der Waals surface area contributed by atoms with Crippen LogP contribution in [0.4, 0.5) is 5.13 Å². The molecule has 0 spiro atoms. The molecule has 32 heavy (non-hydrogen) atoms. The minimum Gasteiger partial charge on any atom is -0.296 e. The Kier molecular flexibility index (Phi) is 5.42. The molecule has 9 heteroatoms. The Morgan fingerprint density at radius 2 is 1.81 bits per heavy atom. The van der Waals surface area contributed by atoms with E-state index in [2.05, 4.69) is 40.4 Å². The summed E-state index contributed by atoms with van der Waals surface area (Å²) in [5.74, 6) is -0.289. The molecule has 0 atom stereocenters. The number of aromatic nitrogens is 4. The van der Waals surface area contributed by atoms with Crippen LogP contribution in [0.3, 0.4) is 0 Å². The number of carbonyl (C=O) groups excluding carboxylic acids is 1. The van der Waals surface area contributed by atoms with E-state index in [1.165, 1.54) is 16.2 Å². The van der Waals surface area contributed by atoms with Crippen LogP contribution in [0.15, 0.2) is 54.9 Å². The summed E-state index contributed by atoms with van der Waals surface area (Å²) in [6, 6.07) is 13.0. The highest BCUT2D eigenvalue weighted by Gasteiger charge is 2.18. The summed E-state index contributed by atoms with van der Waals surface area (Å²) in [5, 5.41) is 13.5. The number of thiophene rings is 1. The molecule has 0 aliphatic rings. The molecular formula is C23H16ClN5OS2. The van der Waals surface area contributed by atoms with Crippen molar-refractivity contribution in [2.75, 3.05) is 5.32 Å². The first-order valence-corrected chi connectivity index (χ1v) is 11.7. The molecule has 1 aromatic carbocycles. The molecule has 6 nitrogen and oxygen atoms in total. The molecule has 0 bridgehead atoms. The molecular weight excluding hydrogens is 462 g/mol. The quantitative estimate of drug-likeness (QED) is 0.324. The number of carbonyl (C=O) groups is 1. The largest absolute Gasteiger partial charge is 0.296 e. The van der Waals surface area contributed by atoms with Gasteiger partial charge in [-0.2, -0.15) is 0 Å². The lowest BCUT2D eigenvalue weighted by Crippen LogP contribution is -2.13. The number of rotatable bonds is 4. The number of aryl methyl sites for hydroxylation is 2. The van der Waals surface area contributed by atoms with E-state index in [0.717, 1.165) is 21.7 Å². The molecule has 0 saturated heterocycles. The maximum Gasteiger partial charge on any atom is 0.258 e. The molecule has 1 N–H and O–H groups in total. The fourth-order valence-electron chi connectivity index (χ4n) is 3.46. The highest BCUT2D eigenvalue weighted by molar-refractivity contribution is 7.18. The SMILES string of the molecule is Cc1cc(-c2cc(C(=O)Nc3nnc(-c4ccncc4)s3)c3cc(Cl)ccc3n2)c(C)s1. The lowest BCUT2D eigenvalue weighted by molar-refractivity contribution is 0.102. The number of hydrogen-bond acceptors (Lipinski definition) is 7. The van der Waals surface area contributed by atoms with Gasteiger partial charge in [0.25, 0.3) is 5.91 Å². The van der Waals surface area contributed by atoms with E-state index in [1.807, 2.05) is 24.3 Å². The van der Waals surface area contributed by atoms with Gasteiger partial charge in [0.1, 0.15) is 5.01 Å². The van der Waals surface area contributed by atoms with Gasteiger partial charge in [0, 0.05) is 43.7 Å². The predicted molar refractivity (Wildman–Crippen MR) is 131 cm³/mol. The summed E-state index contributed by atoms with van der Waals surface area (Å²) in [7, 11) is 0. The lowest BCUT2D eigenvalue weighted by atomic mass is 10.0. The Morgan fingerprint density at radius 1 is 1.00 bits per heavy atom. The smallest absolute Gasteiger partial charge is 0.258 e. The van der Waals surface area contributed by atoms with Crippen molar-refractivity contribution in [1.29, 1.82) is 0 Å². The van der Waals surface area contributed by atoms with E-state index in [4.69, 9.17) is 16.6 Å². The third kappa shape index (κ3) is 4.00. The van der Waals surface area contributed by atoms with E-state index in [1.54, 1.807) is 35.9 Å². The van der Waals surface area contributed by atoms with Crippen LogP contribution in [0.1, 0.15) is 20.1 Å². The number of hydrogen-bond donors (Lipinski definition) is 1. The topological polar surface area (TPSA) is 80.7 Å². The fraction of sp³-hybridized carbons (Fsp3) is 0.0870. The minimum absolute atomic E-state index is 0.289. The number of amides is 1. The molecule has 4 heterocycles. The predicted octanol–water partition coefficient (Wildman–Crippen LogP) is 6.40. The van der Waals surface area contributed by atoms with Gasteiger partial charge in [-0.25, -0.2) is 4.98 Å². The van der Waals surface area contributed by atoms with E-state index >= 15 is 0 Å². The van der Waals surface area contributed by atoms with Crippen molar-refractivity contribution in [2.24, 2.45) is 0 Å². The summed E-state index contributed by atoms with van der Waals surface area (Å²) in [4.78, 5) is 24.5. The summed E-state index contributed by atoms with van der Waals surface area (Å²) < 4.78 is 0. The van der Waals surface area contributed by atoms with Gasteiger partial charge in [0.15, 0.2) is 0 Å². The van der Waals surface area contributed by atoms with Gasteiger partial charge in [0.05, 0.1) is 16.8 Å². The zero-order valence-electron chi connectivity index (χ0n) is 17.1. The number of nitrogens with zero attached hydrogens (tertiary/aromatic N) is 4. The van der Waals surface area contributed by atoms with Crippen molar-refractivity contribution < 1.29 is 4.79 Å². The van der Waals surface area contributed by atoms with Crippen molar-refractivity contribution >= 4 is 56.2 Å². The van der Waals surface area contributed by atoms with Crippen LogP contribution < -0.4 is 5.32 Å². The van der Waals surface area contributed by atoms with Gasteiger partial charge in [-0.15, -0.1) is 21.5 Å². The Balaban J connectivity index is 1.55. The van der Waals surface area contributed by atoms with Gasteiger partial charge in [-0.1, -0.05) is 22.9 Å². The highest BCUT2D eigenvalue weighted by Crippen LogP contribution is 2.33. The average molecular weight is 478 g/mol. The summed E-state index contributed by atoms with van der Waals surface area (Å²) >= 11 is 9.24. The molecule has 0 saturated carbocycles. The zero-order valence-corrected chi connectivity index (χ0v) is 19.5. The van der Waals surface area contributed by atoms with Crippen molar-refractivity contribution in [3.63, 3.8) is 0 Å². The summed E-state index contributed by atoms with van der Waals surface area (Å²) in [6.07, 6.45) is 3.38. The normalized spacial score (nSPS) is 11.1. The van der Waals surface area contributed by atoms with E-state index in [0.29, 0.717) is 31.6 Å². The fourth-order valence-corrected chi connectivity index (χ4v) is 5.31. The van der Waals surface area contributed by atoms with Crippen molar-refractivity contribution in [1.82, 2.24) is 20.2 Å². The minimum atomic E-state index is -0.289. The Bertz CT molecular complexity index is 1460. The van der Waals surface area contributed by atoms with Crippen LogP contribution in [-0.4, -0.2) is 26.1 Å². The second kappa shape index (κ2) is 8.38. The summed E-state index contributed by atoms with van der Waals surface area (Å²) in [5.41, 5.74) is 3.85. The molecule has 0 radical (unpaired) electrons. The first-order chi connectivity index (χ1) is 15.5. The molecule has 0 fully saturated rings. The van der Waals surface area contributed by atoms with Crippen molar-refractivity contribution in [2.45, 2.75) is 13.8 Å². The van der Waals surface area contributed by atoms with Gasteiger partial charge in [0.2, 0.25) is 5.13 Å². The zero-order chi connectivity index (χ0) is 22.2. The van der Waals surface area contributed by atoms with Crippen LogP contribution in [0.5, 0.6) is 0 Å². The Hall–Kier alpha value is -3.20. The van der Waals surface area contributed by atoms with E-state index in [9.17, 15) is 4.79 Å². The lowest BCUT2D eigenvalue weighted by Gasteiger charge is -2.10. The Labute approximate surface area is 197 Å². The monoisotopic (exact) mass is 477 g/mol. The van der Waals surface area contributed by atoms with E-state index < -0.39 is 0 Å². The second-order valence-electron chi connectivity index (χ2n) is 7.15. The second-order valence-corrected chi connectivity index (χ2v) is 10.0. The highest BCUT2D eigenvalue weighted by atomic mass is 35.5. The molecule has 4 aromatic heterocycles. The van der Waals surface area contributed by atoms with Gasteiger partial charge in [-0.05, 0) is 56.3 Å². The molecule has 0 aliphatic carbocycles. The van der Waals surface area contributed by atoms with Crippen LogP contribution in [0.25, 0.3) is 32.7 Å². The van der Waals surface area contributed by atoms with Gasteiger partial charge < -0.3 is 0 Å². The molecule has 1 amide bonds. The number of halogens is 1. The molecule has 158 valence electrons. The van der Waals surface area contributed by atoms with Crippen molar-refractivity contribution in [3.05, 3.63) is 75.2 Å². The maximum atomic E-state index is 13.3. The van der Waals surface area contributed by atoms with E-state index in [-0.39, 0.29) is 5.91 Å². The molecule has 5 rings (SSSR count). The van der Waals surface area contributed by atoms with Crippen molar-refractivity contribution in [3.8, 4) is 21.8 Å². The number of pyridine rings is 2. The first-order valence-electron chi connectivity index (χ1n) is 9.71. The molecule has 0 aliphatic heterocycles. The van der Waals surface area contributed by atoms with Crippen LogP contribution >= 0.6 is 34.3 Å². The van der Waals surface area contributed by atoms with Crippen LogP contribution in [0.2, 0.25) is 5.02 Å².